The van der Waals surface area contributed by atoms with Crippen LogP contribution in [-0.2, 0) is 15.3 Å². The molecular formula is C23H21NO6S. The molecular weight excluding hydrogens is 418 g/mol. The molecule has 0 amide bonds. The van der Waals surface area contributed by atoms with E-state index in [2.05, 4.69) is 20.8 Å². The summed E-state index contributed by atoms with van der Waals surface area (Å²) in [6.45, 7) is 6.16. The molecule has 0 bridgehead atoms. The number of para-hydroxylation sites is 1. The van der Waals surface area contributed by atoms with Gasteiger partial charge in [-0.05, 0) is 41.3 Å². The quantitative estimate of drug-likeness (QED) is 0.241. The summed E-state index contributed by atoms with van der Waals surface area (Å²) in [5.41, 5.74) is 0.198. The van der Waals surface area contributed by atoms with Gasteiger partial charge in [0.15, 0.2) is 0 Å². The number of nitrogens with zero attached hydrogens (tertiary/aromatic N) is 1. The third-order valence-corrected chi connectivity index (χ3v) is 6.54. The van der Waals surface area contributed by atoms with Crippen LogP contribution in [0, 0.1) is 10.1 Å². The third-order valence-electron chi connectivity index (χ3n) is 4.68. The van der Waals surface area contributed by atoms with Crippen LogP contribution >= 0.6 is 0 Å². The lowest BCUT2D eigenvalue weighted by Gasteiger charge is -2.19. The highest BCUT2D eigenvalue weighted by atomic mass is 32.2. The van der Waals surface area contributed by atoms with Gasteiger partial charge in [0.05, 0.1) is 15.4 Å². The van der Waals surface area contributed by atoms with Crippen LogP contribution in [0.3, 0.4) is 0 Å². The van der Waals surface area contributed by atoms with Crippen molar-refractivity contribution < 1.29 is 22.9 Å². The van der Waals surface area contributed by atoms with Crippen molar-refractivity contribution in [3.05, 3.63) is 94.0 Å². The van der Waals surface area contributed by atoms with Crippen LogP contribution in [0.2, 0.25) is 0 Å². The molecule has 0 radical (unpaired) electrons. The molecule has 0 aliphatic heterocycles. The number of benzene rings is 3. The molecule has 7 nitrogen and oxygen atoms in total. The highest BCUT2D eigenvalue weighted by Crippen LogP contribution is 2.31. The zero-order chi connectivity index (χ0) is 22.8. The van der Waals surface area contributed by atoms with Crippen molar-refractivity contribution in [3.8, 4) is 5.75 Å². The molecule has 3 rings (SSSR count). The lowest BCUT2D eigenvalue weighted by Crippen LogP contribution is -2.15. The van der Waals surface area contributed by atoms with Gasteiger partial charge in [-0.1, -0.05) is 57.2 Å². The molecule has 0 atom stereocenters. The van der Waals surface area contributed by atoms with Crippen LogP contribution in [0.4, 0.5) is 5.69 Å². The van der Waals surface area contributed by atoms with Gasteiger partial charge in [0.1, 0.15) is 10.6 Å². The van der Waals surface area contributed by atoms with Crippen molar-refractivity contribution in [2.45, 2.75) is 36.0 Å². The normalized spacial score (nSPS) is 11.7. The molecule has 8 heteroatoms. The standard InChI is InChI=1S/C23H21NO6S/c1-23(2,3)16-12-14-17(15-13-16)30-22(25)18-8-4-6-10-20(18)31(28,29)21-11-7-5-9-19(21)24(26)27/h4-15H,1-3H3. The van der Waals surface area contributed by atoms with Crippen LogP contribution in [0.15, 0.2) is 82.6 Å². The summed E-state index contributed by atoms with van der Waals surface area (Å²) in [4.78, 5) is 22.5. The summed E-state index contributed by atoms with van der Waals surface area (Å²) in [7, 11) is -4.35. The van der Waals surface area contributed by atoms with Gasteiger partial charge in [0.2, 0.25) is 9.84 Å². The van der Waals surface area contributed by atoms with E-state index in [4.69, 9.17) is 4.74 Å². The minimum absolute atomic E-state index is 0.0758. The van der Waals surface area contributed by atoms with Crippen LogP contribution < -0.4 is 4.74 Å². The first-order valence-corrected chi connectivity index (χ1v) is 10.9. The fourth-order valence-electron chi connectivity index (χ4n) is 3.01. The maximum Gasteiger partial charge on any atom is 0.344 e. The molecule has 0 aliphatic carbocycles. The average molecular weight is 439 g/mol. The number of nitro groups is 1. The van der Waals surface area contributed by atoms with Gasteiger partial charge in [0.25, 0.3) is 5.69 Å². The number of carbonyl (C=O) groups is 1. The second-order valence-electron chi connectivity index (χ2n) is 7.89. The van der Waals surface area contributed by atoms with Crippen molar-refractivity contribution >= 4 is 21.5 Å². The third kappa shape index (κ3) is 4.64. The second-order valence-corrected chi connectivity index (χ2v) is 9.77. The Morgan fingerprint density at radius 1 is 0.871 bits per heavy atom. The number of hydrogen-bond donors (Lipinski definition) is 0. The molecule has 0 aromatic heterocycles. The van der Waals surface area contributed by atoms with E-state index >= 15 is 0 Å². The molecule has 0 saturated heterocycles. The first kappa shape index (κ1) is 22.2. The van der Waals surface area contributed by atoms with E-state index < -0.39 is 31.3 Å². The summed E-state index contributed by atoms with van der Waals surface area (Å²) < 4.78 is 31.7. The van der Waals surface area contributed by atoms with E-state index in [1.54, 1.807) is 12.1 Å². The number of hydrogen-bond acceptors (Lipinski definition) is 6. The maximum atomic E-state index is 13.2. The van der Waals surface area contributed by atoms with Crippen molar-refractivity contribution in [3.63, 3.8) is 0 Å². The molecule has 0 fully saturated rings. The largest absolute Gasteiger partial charge is 0.423 e. The summed E-state index contributed by atoms with van der Waals surface area (Å²) >= 11 is 0. The van der Waals surface area contributed by atoms with Crippen LogP contribution in [0.5, 0.6) is 5.75 Å². The number of esters is 1. The van der Waals surface area contributed by atoms with E-state index in [-0.39, 0.29) is 21.6 Å². The zero-order valence-electron chi connectivity index (χ0n) is 17.2. The first-order valence-electron chi connectivity index (χ1n) is 9.42. The lowest BCUT2D eigenvalue weighted by atomic mass is 9.87. The highest BCUT2D eigenvalue weighted by molar-refractivity contribution is 7.91. The van der Waals surface area contributed by atoms with Gasteiger partial charge in [-0.15, -0.1) is 0 Å². The van der Waals surface area contributed by atoms with Gasteiger partial charge < -0.3 is 4.74 Å². The zero-order valence-corrected chi connectivity index (χ0v) is 18.0. The van der Waals surface area contributed by atoms with Gasteiger partial charge in [-0.3, -0.25) is 10.1 Å². The Morgan fingerprint density at radius 3 is 2.00 bits per heavy atom. The fourth-order valence-corrected chi connectivity index (χ4v) is 4.62. The fraction of sp³-hybridized carbons (Fsp3) is 0.174. The molecule has 3 aromatic carbocycles. The number of ether oxygens (including phenoxy) is 1. The maximum absolute atomic E-state index is 13.2. The van der Waals surface area contributed by atoms with Crippen molar-refractivity contribution in [1.29, 1.82) is 0 Å². The smallest absolute Gasteiger partial charge is 0.344 e. The number of nitro benzene ring substituents is 1. The number of carbonyl (C=O) groups excluding carboxylic acids is 1. The molecule has 0 heterocycles. The van der Waals surface area contributed by atoms with Crippen molar-refractivity contribution in [2.75, 3.05) is 0 Å². The lowest BCUT2D eigenvalue weighted by molar-refractivity contribution is -0.387. The Bertz CT molecular complexity index is 1240. The summed E-state index contributed by atoms with van der Waals surface area (Å²) in [5.74, 6) is -0.614. The van der Waals surface area contributed by atoms with Gasteiger partial charge in [0, 0.05) is 6.07 Å². The average Bonchev–Trinajstić information content (AvgIpc) is 2.73. The Labute approximate surface area is 180 Å². The predicted molar refractivity (Wildman–Crippen MR) is 115 cm³/mol. The number of rotatable bonds is 5. The van der Waals surface area contributed by atoms with E-state index in [0.29, 0.717) is 0 Å². The molecule has 0 spiro atoms. The molecule has 3 aromatic rings. The van der Waals surface area contributed by atoms with E-state index in [0.717, 1.165) is 17.7 Å². The minimum atomic E-state index is -4.35. The van der Waals surface area contributed by atoms with Crippen molar-refractivity contribution in [2.24, 2.45) is 0 Å². The van der Waals surface area contributed by atoms with Gasteiger partial charge in [-0.25, -0.2) is 13.2 Å². The predicted octanol–water partition coefficient (Wildman–Crippen LogP) is 4.94. The Morgan fingerprint density at radius 2 is 1.42 bits per heavy atom. The Kier molecular flexibility index (Phi) is 5.94. The molecule has 160 valence electrons. The summed E-state index contributed by atoms with van der Waals surface area (Å²) in [6, 6.07) is 17.4. The van der Waals surface area contributed by atoms with Crippen LogP contribution in [-0.4, -0.2) is 19.3 Å². The molecule has 0 aliphatic rings. The molecule has 0 unspecified atom stereocenters. The second kappa shape index (κ2) is 8.31. The summed E-state index contributed by atoms with van der Waals surface area (Å²) in [6.07, 6.45) is 0. The number of sulfone groups is 1. The van der Waals surface area contributed by atoms with Gasteiger partial charge >= 0.3 is 5.97 Å². The van der Waals surface area contributed by atoms with E-state index in [1.807, 2.05) is 12.1 Å². The molecule has 31 heavy (non-hydrogen) atoms. The monoisotopic (exact) mass is 439 g/mol. The first-order chi connectivity index (χ1) is 14.5. The Balaban J connectivity index is 1.99. The van der Waals surface area contributed by atoms with Gasteiger partial charge in [-0.2, -0.15) is 0 Å². The van der Waals surface area contributed by atoms with Crippen molar-refractivity contribution in [1.82, 2.24) is 0 Å². The van der Waals surface area contributed by atoms with E-state index in [1.165, 1.54) is 36.4 Å². The highest BCUT2D eigenvalue weighted by Gasteiger charge is 2.31. The SMILES string of the molecule is CC(C)(C)c1ccc(OC(=O)c2ccccc2S(=O)(=O)c2ccccc2[N+](=O)[O-])cc1. The van der Waals surface area contributed by atoms with E-state index in [9.17, 15) is 23.3 Å². The van der Waals surface area contributed by atoms with Crippen LogP contribution in [0.25, 0.3) is 0 Å². The summed E-state index contributed by atoms with van der Waals surface area (Å²) in [5, 5.41) is 11.3. The minimum Gasteiger partial charge on any atom is -0.423 e. The Hall–Kier alpha value is -3.52. The molecule has 0 N–H and O–H groups in total. The van der Waals surface area contributed by atoms with Crippen LogP contribution in [0.1, 0.15) is 36.7 Å². The molecule has 0 saturated carbocycles. The topological polar surface area (TPSA) is 104 Å².